The van der Waals surface area contributed by atoms with E-state index in [1.165, 1.54) is 23.8 Å². The van der Waals surface area contributed by atoms with Crippen LogP contribution in [0.2, 0.25) is 0 Å². The topological polar surface area (TPSA) is 92.9 Å². The molecule has 0 atom stereocenters. The largest absolute Gasteiger partial charge is 0.383 e. The normalized spacial score (nSPS) is 14.8. The molecule has 0 radical (unpaired) electrons. The molecule has 4 N–H and O–H groups in total. The molecule has 0 spiro atoms. The van der Waals surface area contributed by atoms with Crippen molar-refractivity contribution in [3.63, 3.8) is 0 Å². The number of nitrogen functional groups attached to an aromatic ring is 1. The van der Waals surface area contributed by atoms with Crippen LogP contribution < -0.4 is 22.3 Å². The second kappa shape index (κ2) is 6.15. The van der Waals surface area contributed by atoms with Crippen molar-refractivity contribution in [3.8, 4) is 0 Å². The first-order valence-corrected chi connectivity index (χ1v) is 7.35. The third-order valence-electron chi connectivity index (χ3n) is 3.58. The standard InChI is InChI=1S/C14H24N4O2/c1-9(2)8-18-12(15)11(13(19)17-14(18)20)16-7-3-4-10-5-6-10/h9-10,16H,3-8,15H2,1-2H3,(H,17,19,20). The summed E-state index contributed by atoms with van der Waals surface area (Å²) in [6.07, 6.45) is 4.88. The Morgan fingerprint density at radius 2 is 2.10 bits per heavy atom. The highest BCUT2D eigenvalue weighted by Gasteiger charge is 2.20. The molecular formula is C14H24N4O2. The van der Waals surface area contributed by atoms with Gasteiger partial charge in [-0.15, -0.1) is 0 Å². The summed E-state index contributed by atoms with van der Waals surface area (Å²) in [4.78, 5) is 25.9. The summed E-state index contributed by atoms with van der Waals surface area (Å²) >= 11 is 0. The summed E-state index contributed by atoms with van der Waals surface area (Å²) in [7, 11) is 0. The molecule has 0 aliphatic heterocycles. The highest BCUT2D eigenvalue weighted by molar-refractivity contribution is 5.60. The maximum atomic E-state index is 11.8. The molecular weight excluding hydrogens is 256 g/mol. The minimum Gasteiger partial charge on any atom is -0.383 e. The van der Waals surface area contributed by atoms with Crippen molar-refractivity contribution in [1.82, 2.24) is 9.55 Å². The fourth-order valence-corrected chi connectivity index (χ4v) is 2.32. The highest BCUT2D eigenvalue weighted by Crippen LogP contribution is 2.33. The van der Waals surface area contributed by atoms with Crippen LogP contribution in [0.5, 0.6) is 0 Å². The SMILES string of the molecule is CC(C)Cn1c(N)c(NCCCC2CC2)c(=O)[nH]c1=O. The van der Waals surface area contributed by atoms with E-state index in [1.54, 1.807) is 0 Å². The first-order chi connectivity index (χ1) is 9.49. The van der Waals surface area contributed by atoms with Crippen LogP contribution >= 0.6 is 0 Å². The predicted molar refractivity (Wildman–Crippen MR) is 81.0 cm³/mol. The van der Waals surface area contributed by atoms with Crippen molar-refractivity contribution < 1.29 is 0 Å². The van der Waals surface area contributed by atoms with Crippen molar-refractivity contribution in [2.24, 2.45) is 11.8 Å². The minimum absolute atomic E-state index is 0.235. The van der Waals surface area contributed by atoms with E-state index in [0.29, 0.717) is 18.8 Å². The van der Waals surface area contributed by atoms with Crippen LogP contribution in [0, 0.1) is 11.8 Å². The van der Waals surface area contributed by atoms with E-state index in [-0.39, 0.29) is 11.7 Å². The van der Waals surface area contributed by atoms with Gasteiger partial charge in [-0.05, 0) is 24.7 Å². The Morgan fingerprint density at radius 1 is 1.40 bits per heavy atom. The molecule has 1 aliphatic carbocycles. The van der Waals surface area contributed by atoms with E-state index in [4.69, 9.17) is 5.73 Å². The lowest BCUT2D eigenvalue weighted by atomic mass is 10.2. The number of rotatable bonds is 7. The van der Waals surface area contributed by atoms with Crippen molar-refractivity contribution in [2.75, 3.05) is 17.6 Å². The number of nitrogens with one attached hydrogen (secondary N) is 2. The zero-order valence-corrected chi connectivity index (χ0v) is 12.2. The number of nitrogens with two attached hydrogens (primary N) is 1. The summed E-state index contributed by atoms with van der Waals surface area (Å²) < 4.78 is 1.43. The lowest BCUT2D eigenvalue weighted by Gasteiger charge is -2.15. The Balaban J connectivity index is 2.09. The van der Waals surface area contributed by atoms with Crippen LogP contribution in [0.1, 0.15) is 39.5 Å². The van der Waals surface area contributed by atoms with Gasteiger partial charge in [0.1, 0.15) is 11.5 Å². The zero-order valence-electron chi connectivity index (χ0n) is 12.2. The molecule has 1 aromatic heterocycles. The molecule has 0 amide bonds. The van der Waals surface area contributed by atoms with Gasteiger partial charge in [0.15, 0.2) is 0 Å². The lowest BCUT2D eigenvalue weighted by Crippen LogP contribution is -2.35. The van der Waals surface area contributed by atoms with Gasteiger partial charge in [-0.3, -0.25) is 14.3 Å². The van der Waals surface area contributed by atoms with Gasteiger partial charge in [0.2, 0.25) is 0 Å². The predicted octanol–water partition coefficient (Wildman–Crippen LogP) is 1.38. The van der Waals surface area contributed by atoms with Crippen LogP contribution in [-0.2, 0) is 6.54 Å². The Kier molecular flexibility index (Phi) is 4.52. The van der Waals surface area contributed by atoms with Crippen LogP contribution in [0.25, 0.3) is 0 Å². The van der Waals surface area contributed by atoms with Crippen LogP contribution in [0.4, 0.5) is 11.5 Å². The Bertz CT molecular complexity index is 570. The quantitative estimate of drug-likeness (QED) is 0.658. The van der Waals surface area contributed by atoms with E-state index in [0.717, 1.165) is 12.3 Å². The van der Waals surface area contributed by atoms with E-state index >= 15 is 0 Å². The fraction of sp³-hybridized carbons (Fsp3) is 0.714. The number of H-pyrrole nitrogens is 1. The average Bonchev–Trinajstić information content (AvgIpc) is 3.17. The molecule has 0 unspecified atom stereocenters. The zero-order chi connectivity index (χ0) is 14.7. The second-order valence-corrected chi connectivity index (χ2v) is 6.04. The Morgan fingerprint density at radius 3 is 2.70 bits per heavy atom. The molecule has 1 aromatic rings. The molecule has 1 heterocycles. The Hall–Kier alpha value is -1.72. The third-order valence-corrected chi connectivity index (χ3v) is 3.58. The summed E-state index contributed by atoms with van der Waals surface area (Å²) in [6, 6.07) is 0. The van der Waals surface area contributed by atoms with Crippen molar-refractivity contribution in [2.45, 2.75) is 46.1 Å². The molecule has 1 fully saturated rings. The second-order valence-electron chi connectivity index (χ2n) is 6.04. The van der Waals surface area contributed by atoms with Gasteiger partial charge in [-0.2, -0.15) is 0 Å². The van der Waals surface area contributed by atoms with Crippen LogP contribution in [0.15, 0.2) is 9.59 Å². The van der Waals surface area contributed by atoms with Gasteiger partial charge in [0.25, 0.3) is 5.56 Å². The Labute approximate surface area is 118 Å². The molecule has 0 bridgehead atoms. The number of anilines is 2. The van der Waals surface area contributed by atoms with Gasteiger partial charge in [0.05, 0.1) is 0 Å². The molecule has 0 aromatic carbocycles. The van der Waals surface area contributed by atoms with Crippen LogP contribution in [-0.4, -0.2) is 16.1 Å². The summed E-state index contributed by atoms with van der Waals surface area (Å²) in [5.41, 5.74) is 5.42. The lowest BCUT2D eigenvalue weighted by molar-refractivity contribution is 0.508. The van der Waals surface area contributed by atoms with E-state index < -0.39 is 11.2 Å². The molecule has 6 heteroatoms. The fourth-order valence-electron chi connectivity index (χ4n) is 2.32. The molecule has 0 saturated heterocycles. The maximum Gasteiger partial charge on any atom is 0.330 e. The molecule has 6 nitrogen and oxygen atoms in total. The number of nitrogens with zero attached hydrogens (tertiary/aromatic N) is 1. The molecule has 2 rings (SSSR count). The number of aromatic amines is 1. The highest BCUT2D eigenvalue weighted by atomic mass is 16.2. The molecule has 20 heavy (non-hydrogen) atoms. The van der Waals surface area contributed by atoms with Crippen molar-refractivity contribution >= 4 is 11.5 Å². The number of hydrogen-bond donors (Lipinski definition) is 3. The number of aromatic nitrogens is 2. The monoisotopic (exact) mass is 280 g/mol. The summed E-state index contributed by atoms with van der Waals surface area (Å²) in [5.74, 6) is 1.39. The smallest absolute Gasteiger partial charge is 0.330 e. The minimum atomic E-state index is -0.440. The van der Waals surface area contributed by atoms with Crippen molar-refractivity contribution in [3.05, 3.63) is 20.8 Å². The third kappa shape index (κ3) is 3.65. The van der Waals surface area contributed by atoms with Gasteiger partial charge in [-0.1, -0.05) is 26.7 Å². The first kappa shape index (κ1) is 14.7. The van der Waals surface area contributed by atoms with Crippen LogP contribution in [0.3, 0.4) is 0 Å². The molecule has 1 saturated carbocycles. The number of hydrogen-bond acceptors (Lipinski definition) is 4. The van der Waals surface area contributed by atoms with Gasteiger partial charge >= 0.3 is 5.69 Å². The maximum absolute atomic E-state index is 11.8. The summed E-state index contributed by atoms with van der Waals surface area (Å²) in [6.45, 7) is 5.21. The summed E-state index contributed by atoms with van der Waals surface area (Å²) in [5, 5.41) is 3.08. The van der Waals surface area contributed by atoms with E-state index in [9.17, 15) is 9.59 Å². The van der Waals surface area contributed by atoms with Gasteiger partial charge in [0, 0.05) is 13.1 Å². The van der Waals surface area contributed by atoms with E-state index in [2.05, 4.69) is 10.3 Å². The van der Waals surface area contributed by atoms with Gasteiger partial charge in [-0.25, -0.2) is 4.79 Å². The van der Waals surface area contributed by atoms with Crippen molar-refractivity contribution in [1.29, 1.82) is 0 Å². The first-order valence-electron chi connectivity index (χ1n) is 7.35. The van der Waals surface area contributed by atoms with Gasteiger partial charge < -0.3 is 11.1 Å². The average molecular weight is 280 g/mol. The molecule has 112 valence electrons. The van der Waals surface area contributed by atoms with E-state index in [1.807, 2.05) is 13.8 Å². The molecule has 1 aliphatic rings.